The van der Waals surface area contributed by atoms with Gasteiger partial charge in [0.15, 0.2) is 0 Å². The van der Waals surface area contributed by atoms with E-state index in [1.807, 2.05) is 6.07 Å². The molecule has 1 aliphatic rings. The van der Waals surface area contributed by atoms with E-state index in [2.05, 4.69) is 4.98 Å². The molecule has 0 aliphatic carbocycles. The molecule has 0 aromatic carbocycles. The van der Waals surface area contributed by atoms with Crippen LogP contribution in [0.2, 0.25) is 0 Å². The molecule has 5 heteroatoms. The lowest BCUT2D eigenvalue weighted by Gasteiger charge is -2.32. The van der Waals surface area contributed by atoms with Crippen LogP contribution in [-0.4, -0.2) is 41.9 Å². The van der Waals surface area contributed by atoms with Crippen molar-refractivity contribution in [1.82, 2.24) is 4.98 Å². The number of amides is 1. The molecule has 1 amide bonds. The van der Waals surface area contributed by atoms with Gasteiger partial charge in [-0.15, -0.1) is 0 Å². The molecule has 0 spiro atoms. The van der Waals surface area contributed by atoms with E-state index in [1.165, 1.54) is 4.90 Å². The van der Waals surface area contributed by atoms with Crippen molar-refractivity contribution in [3.8, 4) is 0 Å². The summed E-state index contributed by atoms with van der Waals surface area (Å²) in [6, 6.07) is 5.40. The Balaban J connectivity index is 1.99. The maximum atomic E-state index is 12.1. The summed E-state index contributed by atoms with van der Waals surface area (Å²) in [4.78, 5) is 17.7. The standard InChI is InChI=1S/C13H18N2O3/c1-15(11-4-2-3-7-14-11)12(16)10-13(17)5-8-18-9-6-13/h2-4,7,17H,5-6,8-10H2,1H3. The summed E-state index contributed by atoms with van der Waals surface area (Å²) in [5.74, 6) is 0.469. The van der Waals surface area contributed by atoms with Gasteiger partial charge in [-0.25, -0.2) is 4.98 Å². The second-order valence-electron chi connectivity index (χ2n) is 4.65. The van der Waals surface area contributed by atoms with Crippen LogP contribution in [0.3, 0.4) is 0 Å². The highest BCUT2D eigenvalue weighted by Gasteiger charge is 2.33. The molecule has 18 heavy (non-hydrogen) atoms. The number of rotatable bonds is 3. The van der Waals surface area contributed by atoms with Crippen LogP contribution in [0.5, 0.6) is 0 Å². The highest BCUT2D eigenvalue weighted by atomic mass is 16.5. The largest absolute Gasteiger partial charge is 0.389 e. The van der Waals surface area contributed by atoms with Crippen molar-refractivity contribution in [1.29, 1.82) is 0 Å². The predicted molar refractivity (Wildman–Crippen MR) is 67.3 cm³/mol. The molecular formula is C13H18N2O3. The zero-order valence-corrected chi connectivity index (χ0v) is 10.5. The molecule has 1 aromatic rings. The highest BCUT2D eigenvalue weighted by molar-refractivity contribution is 5.92. The fourth-order valence-electron chi connectivity index (χ4n) is 2.01. The van der Waals surface area contributed by atoms with E-state index in [4.69, 9.17) is 4.74 Å². The molecule has 2 heterocycles. The molecule has 0 unspecified atom stereocenters. The zero-order chi connectivity index (χ0) is 13.0. The molecule has 1 saturated heterocycles. The Hall–Kier alpha value is -1.46. The minimum absolute atomic E-state index is 0.115. The number of hydrogen-bond acceptors (Lipinski definition) is 4. The smallest absolute Gasteiger partial charge is 0.230 e. The van der Waals surface area contributed by atoms with Crippen molar-refractivity contribution < 1.29 is 14.6 Å². The normalized spacial score (nSPS) is 18.3. The van der Waals surface area contributed by atoms with Crippen molar-refractivity contribution in [2.45, 2.75) is 24.9 Å². The number of aromatic nitrogens is 1. The molecule has 1 fully saturated rings. The number of pyridine rings is 1. The third kappa shape index (κ3) is 3.05. The van der Waals surface area contributed by atoms with Gasteiger partial charge in [0.1, 0.15) is 5.82 Å². The molecule has 2 rings (SSSR count). The van der Waals surface area contributed by atoms with Crippen LogP contribution in [0.15, 0.2) is 24.4 Å². The molecule has 0 radical (unpaired) electrons. The van der Waals surface area contributed by atoms with Gasteiger partial charge in [0.2, 0.25) is 5.91 Å². The monoisotopic (exact) mass is 250 g/mol. The first-order valence-corrected chi connectivity index (χ1v) is 6.08. The second-order valence-corrected chi connectivity index (χ2v) is 4.65. The Morgan fingerprint density at radius 2 is 2.22 bits per heavy atom. The number of carbonyl (C=O) groups is 1. The lowest BCUT2D eigenvalue weighted by molar-refractivity contribution is -0.128. The van der Waals surface area contributed by atoms with Gasteiger partial charge in [0.25, 0.3) is 0 Å². The predicted octanol–water partition coefficient (Wildman–Crippen LogP) is 0.976. The quantitative estimate of drug-likeness (QED) is 0.868. The van der Waals surface area contributed by atoms with Crippen LogP contribution in [0.1, 0.15) is 19.3 Å². The molecule has 0 bridgehead atoms. The summed E-state index contributed by atoms with van der Waals surface area (Å²) in [5.41, 5.74) is -0.932. The van der Waals surface area contributed by atoms with E-state index in [-0.39, 0.29) is 12.3 Å². The topological polar surface area (TPSA) is 62.7 Å². The Morgan fingerprint density at radius 1 is 1.50 bits per heavy atom. The molecule has 98 valence electrons. The van der Waals surface area contributed by atoms with Crippen LogP contribution in [0.4, 0.5) is 5.82 Å². The number of aliphatic hydroxyl groups is 1. The first kappa shape index (κ1) is 13.0. The fourth-order valence-corrected chi connectivity index (χ4v) is 2.01. The van der Waals surface area contributed by atoms with Crippen LogP contribution in [-0.2, 0) is 9.53 Å². The van der Waals surface area contributed by atoms with Crippen LogP contribution < -0.4 is 4.90 Å². The van der Waals surface area contributed by atoms with Gasteiger partial charge in [-0.3, -0.25) is 9.69 Å². The maximum Gasteiger partial charge on any atom is 0.230 e. The zero-order valence-electron chi connectivity index (χ0n) is 10.5. The molecule has 5 nitrogen and oxygen atoms in total. The van der Waals surface area contributed by atoms with E-state index in [9.17, 15) is 9.90 Å². The summed E-state index contributed by atoms with van der Waals surface area (Å²) in [5, 5.41) is 10.3. The molecule has 1 aliphatic heterocycles. The lowest BCUT2D eigenvalue weighted by Crippen LogP contribution is -2.42. The average Bonchev–Trinajstić information content (AvgIpc) is 2.39. The van der Waals surface area contributed by atoms with E-state index >= 15 is 0 Å². The number of ether oxygens (including phenoxy) is 1. The van der Waals surface area contributed by atoms with E-state index in [1.54, 1.807) is 25.4 Å². The first-order chi connectivity index (χ1) is 8.61. The number of carbonyl (C=O) groups excluding carboxylic acids is 1. The lowest BCUT2D eigenvalue weighted by atomic mass is 9.90. The van der Waals surface area contributed by atoms with E-state index < -0.39 is 5.60 Å². The number of anilines is 1. The van der Waals surface area contributed by atoms with Crippen molar-refractivity contribution >= 4 is 11.7 Å². The fraction of sp³-hybridized carbons (Fsp3) is 0.538. The van der Waals surface area contributed by atoms with Gasteiger partial charge in [0.05, 0.1) is 12.0 Å². The molecule has 1 N–H and O–H groups in total. The summed E-state index contributed by atoms with van der Waals surface area (Å²) in [6.45, 7) is 1.02. The van der Waals surface area contributed by atoms with Gasteiger partial charge in [-0.2, -0.15) is 0 Å². The maximum absolute atomic E-state index is 12.1. The summed E-state index contributed by atoms with van der Waals surface area (Å²) in [6.07, 6.45) is 2.77. The molecule has 1 aromatic heterocycles. The van der Waals surface area contributed by atoms with Crippen molar-refractivity contribution in [3.63, 3.8) is 0 Å². The van der Waals surface area contributed by atoms with Crippen LogP contribution in [0.25, 0.3) is 0 Å². The highest BCUT2D eigenvalue weighted by Crippen LogP contribution is 2.25. The molecular weight excluding hydrogens is 232 g/mol. The third-order valence-corrected chi connectivity index (χ3v) is 3.27. The van der Waals surface area contributed by atoms with Gasteiger partial charge >= 0.3 is 0 Å². The molecule has 0 saturated carbocycles. The summed E-state index contributed by atoms with van der Waals surface area (Å²) < 4.78 is 5.19. The Morgan fingerprint density at radius 3 is 2.83 bits per heavy atom. The van der Waals surface area contributed by atoms with Crippen molar-refractivity contribution in [3.05, 3.63) is 24.4 Å². The Kier molecular flexibility index (Phi) is 3.93. The van der Waals surface area contributed by atoms with Crippen LogP contribution >= 0.6 is 0 Å². The SMILES string of the molecule is CN(C(=O)CC1(O)CCOCC1)c1ccccn1. The van der Waals surface area contributed by atoms with Gasteiger partial charge in [0, 0.05) is 39.3 Å². The van der Waals surface area contributed by atoms with Gasteiger partial charge in [-0.05, 0) is 12.1 Å². The first-order valence-electron chi connectivity index (χ1n) is 6.08. The van der Waals surface area contributed by atoms with Crippen molar-refractivity contribution in [2.75, 3.05) is 25.2 Å². The van der Waals surface area contributed by atoms with E-state index in [0.717, 1.165) is 0 Å². The minimum atomic E-state index is -0.932. The van der Waals surface area contributed by atoms with Crippen molar-refractivity contribution in [2.24, 2.45) is 0 Å². The second kappa shape index (κ2) is 5.46. The van der Waals surface area contributed by atoms with Crippen LogP contribution in [0, 0.1) is 0 Å². The Labute approximate surface area is 106 Å². The summed E-state index contributed by atoms with van der Waals surface area (Å²) in [7, 11) is 1.67. The minimum Gasteiger partial charge on any atom is -0.389 e. The molecule has 0 atom stereocenters. The van der Waals surface area contributed by atoms with Gasteiger partial charge < -0.3 is 9.84 Å². The number of nitrogens with zero attached hydrogens (tertiary/aromatic N) is 2. The average molecular weight is 250 g/mol. The summed E-state index contributed by atoms with van der Waals surface area (Å²) >= 11 is 0. The van der Waals surface area contributed by atoms with E-state index in [0.29, 0.717) is 31.9 Å². The Bertz CT molecular complexity index is 402. The number of hydrogen-bond donors (Lipinski definition) is 1. The van der Waals surface area contributed by atoms with Gasteiger partial charge in [-0.1, -0.05) is 6.07 Å². The third-order valence-electron chi connectivity index (χ3n) is 3.27.